The van der Waals surface area contributed by atoms with Crippen LogP contribution in [0.1, 0.15) is 18.4 Å². The predicted octanol–water partition coefficient (Wildman–Crippen LogP) is 3.29. The quantitative estimate of drug-likeness (QED) is 0.612. The van der Waals surface area contributed by atoms with Crippen molar-refractivity contribution >= 4 is 22.9 Å². The number of halogens is 1. The molecule has 1 fully saturated rings. The van der Waals surface area contributed by atoms with Crippen molar-refractivity contribution < 1.29 is 0 Å². The molecule has 1 aliphatic rings. The minimum Gasteiger partial charge on any atom is -0.247 e. The summed E-state index contributed by atoms with van der Waals surface area (Å²) in [6, 6.07) is 10.8. The maximum absolute atomic E-state index is 2.43. The molecule has 1 aromatic carbocycles. The summed E-state index contributed by atoms with van der Waals surface area (Å²) in [4.78, 5) is 0. The fraction of sp³-hybridized carbons (Fsp3) is 0.500. The van der Waals surface area contributed by atoms with Crippen LogP contribution < -0.4 is 0 Å². The molecule has 2 heteroatoms. The van der Waals surface area contributed by atoms with E-state index < -0.39 is 0 Å². The average molecular weight is 301 g/mol. The lowest BCUT2D eigenvalue weighted by molar-refractivity contribution is 0.507. The Labute approximate surface area is 100.0 Å². The molecule has 1 heterocycles. The number of hydrogen-bond donors (Lipinski definition) is 0. The van der Waals surface area contributed by atoms with Crippen LogP contribution in [0.2, 0.25) is 0 Å². The molecule has 1 aromatic rings. The Morgan fingerprint density at radius 1 is 1.29 bits per heavy atom. The van der Waals surface area contributed by atoms with Gasteiger partial charge in [-0.05, 0) is 30.7 Å². The van der Waals surface area contributed by atoms with Crippen LogP contribution in [0.5, 0.6) is 0 Å². The lowest BCUT2D eigenvalue weighted by Gasteiger charge is -2.08. The summed E-state index contributed by atoms with van der Waals surface area (Å²) in [5, 5.41) is 0. The summed E-state index contributed by atoms with van der Waals surface area (Å²) in [6.07, 6.45) is 3.98. The third-order valence-electron chi connectivity index (χ3n) is 2.92. The van der Waals surface area contributed by atoms with Gasteiger partial charge < -0.3 is 0 Å². The van der Waals surface area contributed by atoms with E-state index in [2.05, 4.69) is 56.3 Å². The SMILES string of the molecule is IN1CCC(CCc2ccccc2)C1. The second-order valence-electron chi connectivity index (χ2n) is 4.05. The summed E-state index contributed by atoms with van der Waals surface area (Å²) in [6.45, 7) is 2.56. The van der Waals surface area contributed by atoms with Crippen LogP contribution >= 0.6 is 22.9 Å². The van der Waals surface area contributed by atoms with Crippen molar-refractivity contribution in [3.63, 3.8) is 0 Å². The molecule has 0 amide bonds. The van der Waals surface area contributed by atoms with E-state index in [0.717, 1.165) is 5.92 Å². The summed E-state index contributed by atoms with van der Waals surface area (Å²) >= 11 is 2.43. The highest BCUT2D eigenvalue weighted by Crippen LogP contribution is 2.23. The van der Waals surface area contributed by atoms with E-state index in [-0.39, 0.29) is 0 Å². The third-order valence-corrected chi connectivity index (χ3v) is 3.80. The van der Waals surface area contributed by atoms with Crippen molar-refractivity contribution in [2.75, 3.05) is 13.1 Å². The zero-order valence-corrected chi connectivity index (χ0v) is 10.5. The number of hydrogen-bond acceptors (Lipinski definition) is 1. The second-order valence-corrected chi connectivity index (χ2v) is 5.41. The first-order valence-electron chi connectivity index (χ1n) is 5.29. The first-order valence-corrected chi connectivity index (χ1v) is 6.26. The molecule has 14 heavy (non-hydrogen) atoms. The van der Waals surface area contributed by atoms with Gasteiger partial charge in [0.05, 0.1) is 0 Å². The highest BCUT2D eigenvalue weighted by Gasteiger charge is 2.19. The molecule has 0 aromatic heterocycles. The minimum atomic E-state index is 0.923. The smallest absolute Gasteiger partial charge is 0.0201 e. The average Bonchev–Trinajstić information content (AvgIpc) is 2.63. The van der Waals surface area contributed by atoms with Gasteiger partial charge >= 0.3 is 0 Å². The van der Waals surface area contributed by atoms with Crippen LogP contribution in [0, 0.1) is 5.92 Å². The molecule has 0 N–H and O–H groups in total. The second kappa shape index (κ2) is 5.12. The van der Waals surface area contributed by atoms with E-state index in [0.29, 0.717) is 0 Å². The largest absolute Gasteiger partial charge is 0.247 e. The minimum absolute atomic E-state index is 0.923. The molecule has 1 unspecified atom stereocenters. The Hall–Kier alpha value is -0.0900. The standard InChI is InChI=1S/C12H16IN/c13-14-9-8-12(10-14)7-6-11-4-2-1-3-5-11/h1-5,12H,6-10H2. The van der Waals surface area contributed by atoms with E-state index in [1.807, 2.05) is 0 Å². The van der Waals surface area contributed by atoms with Crippen LogP contribution in [-0.2, 0) is 6.42 Å². The van der Waals surface area contributed by atoms with Gasteiger partial charge in [0.25, 0.3) is 0 Å². The number of aryl methyl sites for hydroxylation is 1. The number of benzene rings is 1. The maximum atomic E-state index is 2.43. The molecule has 1 atom stereocenters. The molecule has 1 nitrogen and oxygen atoms in total. The van der Waals surface area contributed by atoms with Crippen LogP contribution in [0.4, 0.5) is 0 Å². The van der Waals surface area contributed by atoms with E-state index in [4.69, 9.17) is 0 Å². The van der Waals surface area contributed by atoms with Crippen molar-refractivity contribution in [3.8, 4) is 0 Å². The summed E-state index contributed by atoms with van der Waals surface area (Å²) in [5.41, 5.74) is 1.49. The lowest BCUT2D eigenvalue weighted by atomic mass is 9.99. The third kappa shape index (κ3) is 2.95. The van der Waals surface area contributed by atoms with Crippen molar-refractivity contribution in [1.82, 2.24) is 3.11 Å². The van der Waals surface area contributed by atoms with E-state index in [1.54, 1.807) is 0 Å². The maximum Gasteiger partial charge on any atom is 0.0201 e. The van der Waals surface area contributed by atoms with E-state index in [1.165, 1.54) is 37.9 Å². The Bertz CT molecular complexity index is 273. The summed E-state index contributed by atoms with van der Waals surface area (Å²) < 4.78 is 2.41. The Morgan fingerprint density at radius 3 is 2.71 bits per heavy atom. The van der Waals surface area contributed by atoms with Gasteiger partial charge in [-0.2, -0.15) is 0 Å². The van der Waals surface area contributed by atoms with Gasteiger partial charge in [0.2, 0.25) is 0 Å². The van der Waals surface area contributed by atoms with Gasteiger partial charge in [-0.25, -0.2) is 3.11 Å². The highest BCUT2D eigenvalue weighted by molar-refractivity contribution is 14.1. The van der Waals surface area contributed by atoms with Gasteiger partial charge in [-0.1, -0.05) is 30.3 Å². The van der Waals surface area contributed by atoms with Crippen molar-refractivity contribution in [2.24, 2.45) is 5.92 Å². The molecule has 2 rings (SSSR count). The topological polar surface area (TPSA) is 3.24 Å². The van der Waals surface area contributed by atoms with Crippen molar-refractivity contribution in [2.45, 2.75) is 19.3 Å². The summed E-state index contributed by atoms with van der Waals surface area (Å²) in [7, 11) is 0. The molecule has 0 saturated carbocycles. The Kier molecular flexibility index (Phi) is 3.81. The molecule has 0 bridgehead atoms. The van der Waals surface area contributed by atoms with Crippen LogP contribution in [0.3, 0.4) is 0 Å². The Morgan fingerprint density at radius 2 is 2.07 bits per heavy atom. The van der Waals surface area contributed by atoms with Gasteiger partial charge in [-0.15, -0.1) is 0 Å². The van der Waals surface area contributed by atoms with Gasteiger partial charge in [0.1, 0.15) is 0 Å². The molecule has 76 valence electrons. The van der Waals surface area contributed by atoms with E-state index in [9.17, 15) is 0 Å². The molecular weight excluding hydrogens is 285 g/mol. The Balaban J connectivity index is 1.78. The number of rotatable bonds is 3. The van der Waals surface area contributed by atoms with E-state index >= 15 is 0 Å². The van der Waals surface area contributed by atoms with Crippen molar-refractivity contribution in [1.29, 1.82) is 0 Å². The normalized spacial score (nSPS) is 22.8. The fourth-order valence-electron chi connectivity index (χ4n) is 2.04. The van der Waals surface area contributed by atoms with Crippen LogP contribution in [0.15, 0.2) is 30.3 Å². The molecule has 1 aliphatic heterocycles. The molecule has 0 radical (unpaired) electrons. The number of nitrogens with zero attached hydrogens (tertiary/aromatic N) is 1. The van der Waals surface area contributed by atoms with Crippen LogP contribution in [0.25, 0.3) is 0 Å². The summed E-state index contributed by atoms with van der Waals surface area (Å²) in [5.74, 6) is 0.923. The first kappa shape index (κ1) is 10.4. The highest BCUT2D eigenvalue weighted by atomic mass is 127. The lowest BCUT2D eigenvalue weighted by Crippen LogP contribution is -2.07. The molecule has 1 saturated heterocycles. The van der Waals surface area contributed by atoms with Gasteiger partial charge in [0, 0.05) is 36.0 Å². The van der Waals surface area contributed by atoms with Crippen molar-refractivity contribution in [3.05, 3.63) is 35.9 Å². The molecule has 0 spiro atoms. The zero-order valence-electron chi connectivity index (χ0n) is 8.32. The van der Waals surface area contributed by atoms with Gasteiger partial charge in [-0.3, -0.25) is 0 Å². The predicted molar refractivity (Wildman–Crippen MR) is 68.5 cm³/mol. The van der Waals surface area contributed by atoms with Gasteiger partial charge in [0.15, 0.2) is 0 Å². The molecule has 0 aliphatic carbocycles. The molecular formula is C12H16IN. The fourth-order valence-corrected chi connectivity index (χ4v) is 2.87. The zero-order chi connectivity index (χ0) is 9.80. The first-order chi connectivity index (χ1) is 6.84. The van der Waals surface area contributed by atoms with Crippen LogP contribution in [-0.4, -0.2) is 16.2 Å². The monoisotopic (exact) mass is 301 g/mol.